The van der Waals surface area contributed by atoms with Gasteiger partial charge in [-0.25, -0.2) is 0 Å². The lowest BCUT2D eigenvalue weighted by Crippen LogP contribution is -2.13. The van der Waals surface area contributed by atoms with Crippen molar-refractivity contribution in [3.05, 3.63) is 62.1 Å². The normalized spacial score (nSPS) is 10.2. The Morgan fingerprint density at radius 3 is 2.52 bits per heavy atom. The Labute approximate surface area is 129 Å². The Morgan fingerprint density at radius 1 is 1.29 bits per heavy atom. The van der Waals surface area contributed by atoms with Crippen molar-refractivity contribution in [1.82, 2.24) is 0 Å². The number of hydrogen-bond donors (Lipinski definition) is 2. The van der Waals surface area contributed by atoms with E-state index < -0.39 is 4.92 Å². The number of nitrogens with one attached hydrogen (secondary N) is 1. The number of halogens is 1. The number of nitrogens with two attached hydrogens (primary N) is 1. The lowest BCUT2D eigenvalue weighted by atomic mass is 10.1. The average molecular weight is 350 g/mol. The first-order valence-corrected chi connectivity index (χ1v) is 6.76. The van der Waals surface area contributed by atoms with E-state index in [9.17, 15) is 10.1 Å². The van der Waals surface area contributed by atoms with Crippen LogP contribution in [0.5, 0.6) is 11.5 Å². The third kappa shape index (κ3) is 3.03. The minimum absolute atomic E-state index is 0.105. The molecule has 3 N–H and O–H groups in total. The molecule has 0 amide bonds. The van der Waals surface area contributed by atoms with Crippen LogP contribution in [0.4, 0.5) is 5.69 Å². The molecule has 0 aliphatic carbocycles. The van der Waals surface area contributed by atoms with Crippen LogP contribution in [-0.2, 0) is 0 Å². The fourth-order valence-corrected chi connectivity index (χ4v) is 2.48. The number of rotatable bonds is 4. The third-order valence-corrected chi connectivity index (χ3v) is 3.51. The average Bonchev–Trinajstić information content (AvgIpc) is 2.37. The standard InChI is InChI=1S/C14H12BrN3O3/c1-8-4-2-7-11(13(8)18(19)20)21-10-6-3-5-9(15)12(10)14(16)17/h2-7H,1H3,(H3,16,17). The van der Waals surface area contributed by atoms with Crippen LogP contribution in [0.15, 0.2) is 40.9 Å². The summed E-state index contributed by atoms with van der Waals surface area (Å²) in [5, 5.41) is 18.8. The molecular weight excluding hydrogens is 338 g/mol. The first kappa shape index (κ1) is 15.0. The molecule has 0 aliphatic rings. The minimum atomic E-state index is -0.490. The number of hydrogen-bond acceptors (Lipinski definition) is 4. The number of nitrogens with zero attached hydrogens (tertiary/aromatic N) is 1. The zero-order valence-corrected chi connectivity index (χ0v) is 12.7. The van der Waals surface area contributed by atoms with Gasteiger partial charge in [0, 0.05) is 10.0 Å². The van der Waals surface area contributed by atoms with Gasteiger partial charge in [0.1, 0.15) is 11.6 Å². The minimum Gasteiger partial charge on any atom is -0.449 e. The third-order valence-electron chi connectivity index (χ3n) is 2.85. The molecule has 0 aromatic heterocycles. The van der Waals surface area contributed by atoms with E-state index in [0.717, 1.165) is 0 Å². The van der Waals surface area contributed by atoms with Gasteiger partial charge in [-0.15, -0.1) is 0 Å². The van der Waals surface area contributed by atoms with Gasteiger partial charge in [0.05, 0.1) is 10.5 Å². The topological polar surface area (TPSA) is 102 Å². The molecule has 7 heteroatoms. The molecule has 6 nitrogen and oxygen atoms in total. The molecule has 2 rings (SSSR count). The molecule has 0 fully saturated rings. The van der Waals surface area contributed by atoms with Crippen LogP contribution in [0.3, 0.4) is 0 Å². The first-order chi connectivity index (χ1) is 9.91. The maximum atomic E-state index is 11.2. The zero-order chi connectivity index (χ0) is 15.6. The highest BCUT2D eigenvalue weighted by molar-refractivity contribution is 9.10. The second-order valence-corrected chi connectivity index (χ2v) is 5.16. The fourth-order valence-electron chi connectivity index (χ4n) is 1.92. The van der Waals surface area contributed by atoms with Gasteiger partial charge in [-0.1, -0.05) is 18.2 Å². The van der Waals surface area contributed by atoms with E-state index in [2.05, 4.69) is 15.9 Å². The molecule has 21 heavy (non-hydrogen) atoms. The molecule has 0 radical (unpaired) electrons. The SMILES string of the molecule is Cc1cccc(Oc2cccc(Br)c2C(=N)N)c1[N+](=O)[O-]. The van der Waals surface area contributed by atoms with Gasteiger partial charge in [0.25, 0.3) is 0 Å². The summed E-state index contributed by atoms with van der Waals surface area (Å²) in [6, 6.07) is 9.84. The molecule has 0 spiro atoms. The van der Waals surface area contributed by atoms with Crippen LogP contribution in [0.25, 0.3) is 0 Å². The Hall–Kier alpha value is -2.41. The zero-order valence-electron chi connectivity index (χ0n) is 11.1. The fraction of sp³-hybridized carbons (Fsp3) is 0.0714. The van der Waals surface area contributed by atoms with Crippen molar-refractivity contribution in [3.63, 3.8) is 0 Å². The Morgan fingerprint density at radius 2 is 1.90 bits per heavy atom. The van der Waals surface area contributed by atoms with E-state index in [1.165, 1.54) is 6.07 Å². The van der Waals surface area contributed by atoms with Crippen LogP contribution in [-0.4, -0.2) is 10.8 Å². The van der Waals surface area contributed by atoms with E-state index in [0.29, 0.717) is 15.6 Å². The number of nitrogen functional groups attached to an aromatic ring is 1. The molecule has 0 unspecified atom stereocenters. The van der Waals surface area contributed by atoms with E-state index >= 15 is 0 Å². The number of aryl methyl sites for hydroxylation is 1. The summed E-state index contributed by atoms with van der Waals surface area (Å²) in [7, 11) is 0. The second-order valence-electron chi connectivity index (χ2n) is 4.31. The van der Waals surface area contributed by atoms with E-state index in [1.54, 1.807) is 37.3 Å². The van der Waals surface area contributed by atoms with Gasteiger partial charge in [0.15, 0.2) is 0 Å². The van der Waals surface area contributed by atoms with Crippen molar-refractivity contribution in [2.24, 2.45) is 5.73 Å². The predicted molar refractivity (Wildman–Crippen MR) is 83.1 cm³/mol. The van der Waals surface area contributed by atoms with Gasteiger partial charge in [-0.05, 0) is 41.1 Å². The molecule has 0 saturated heterocycles. The molecule has 0 bridgehead atoms. The van der Waals surface area contributed by atoms with Crippen LogP contribution < -0.4 is 10.5 Å². The monoisotopic (exact) mass is 349 g/mol. The molecule has 0 saturated carbocycles. The summed E-state index contributed by atoms with van der Waals surface area (Å²) in [6.45, 7) is 1.64. The molecule has 2 aromatic rings. The van der Waals surface area contributed by atoms with Crippen molar-refractivity contribution in [2.45, 2.75) is 6.92 Å². The summed E-state index contributed by atoms with van der Waals surface area (Å²) in [4.78, 5) is 10.7. The molecule has 0 atom stereocenters. The Bertz CT molecular complexity index is 670. The summed E-state index contributed by atoms with van der Waals surface area (Å²) >= 11 is 3.29. The highest BCUT2D eigenvalue weighted by Crippen LogP contribution is 2.36. The van der Waals surface area contributed by atoms with E-state index in [1.807, 2.05) is 0 Å². The number of nitro benzene ring substituents is 1. The largest absolute Gasteiger partial charge is 0.449 e. The summed E-state index contributed by atoms with van der Waals surface area (Å²) in [5.74, 6) is 0.207. The summed E-state index contributed by atoms with van der Waals surface area (Å²) in [5.41, 5.74) is 6.28. The van der Waals surface area contributed by atoms with Crippen molar-refractivity contribution in [1.29, 1.82) is 5.41 Å². The molecular formula is C14H12BrN3O3. The number of para-hydroxylation sites is 1. The van der Waals surface area contributed by atoms with Crippen molar-refractivity contribution >= 4 is 27.5 Å². The molecule has 0 aliphatic heterocycles. The van der Waals surface area contributed by atoms with Crippen LogP contribution in [0.1, 0.15) is 11.1 Å². The maximum absolute atomic E-state index is 11.2. The number of ether oxygens (including phenoxy) is 1. The molecule has 0 heterocycles. The highest BCUT2D eigenvalue weighted by atomic mass is 79.9. The summed E-state index contributed by atoms with van der Waals surface area (Å²) in [6.07, 6.45) is 0. The summed E-state index contributed by atoms with van der Waals surface area (Å²) < 4.78 is 6.22. The van der Waals surface area contributed by atoms with Crippen LogP contribution in [0.2, 0.25) is 0 Å². The number of amidine groups is 1. The maximum Gasteiger partial charge on any atom is 0.314 e. The number of nitro groups is 1. The number of benzene rings is 2. The first-order valence-electron chi connectivity index (χ1n) is 5.96. The van der Waals surface area contributed by atoms with Crippen LogP contribution >= 0.6 is 15.9 Å². The predicted octanol–water partition coefficient (Wildman–Crippen LogP) is 3.74. The van der Waals surface area contributed by atoms with Gasteiger partial charge in [-0.3, -0.25) is 15.5 Å². The molecule has 108 valence electrons. The van der Waals surface area contributed by atoms with Crippen molar-refractivity contribution < 1.29 is 9.66 Å². The van der Waals surface area contributed by atoms with Gasteiger partial charge >= 0.3 is 5.69 Å². The van der Waals surface area contributed by atoms with Gasteiger partial charge in [0.2, 0.25) is 5.75 Å². The lowest BCUT2D eigenvalue weighted by Gasteiger charge is -2.12. The van der Waals surface area contributed by atoms with Crippen molar-refractivity contribution in [2.75, 3.05) is 0 Å². The Kier molecular flexibility index (Phi) is 4.23. The second kappa shape index (κ2) is 5.92. The Balaban J connectivity index is 2.54. The smallest absolute Gasteiger partial charge is 0.314 e. The van der Waals surface area contributed by atoms with E-state index in [-0.39, 0.29) is 23.0 Å². The van der Waals surface area contributed by atoms with E-state index in [4.69, 9.17) is 15.9 Å². The quantitative estimate of drug-likeness (QED) is 0.379. The highest BCUT2D eigenvalue weighted by Gasteiger charge is 2.20. The van der Waals surface area contributed by atoms with Crippen molar-refractivity contribution in [3.8, 4) is 11.5 Å². The molecule has 2 aromatic carbocycles. The van der Waals surface area contributed by atoms with Gasteiger partial charge in [-0.2, -0.15) is 0 Å². The van der Waals surface area contributed by atoms with Gasteiger partial charge < -0.3 is 10.5 Å². The van der Waals surface area contributed by atoms with Crippen LogP contribution in [0, 0.1) is 22.4 Å². The lowest BCUT2D eigenvalue weighted by molar-refractivity contribution is -0.386.